The summed E-state index contributed by atoms with van der Waals surface area (Å²) in [6, 6.07) is 13.1. The van der Waals surface area contributed by atoms with Crippen molar-refractivity contribution in [1.82, 2.24) is 19.7 Å². The van der Waals surface area contributed by atoms with Gasteiger partial charge >= 0.3 is 5.97 Å². The summed E-state index contributed by atoms with van der Waals surface area (Å²) >= 11 is 0. The summed E-state index contributed by atoms with van der Waals surface area (Å²) in [4.78, 5) is 44.2. The molecule has 0 saturated carbocycles. The molecule has 1 unspecified atom stereocenters. The number of aromatic nitrogens is 4. The van der Waals surface area contributed by atoms with Gasteiger partial charge in [0.15, 0.2) is 11.8 Å². The number of carbonyl (C=O) groups is 2. The van der Waals surface area contributed by atoms with Gasteiger partial charge in [0, 0.05) is 18.5 Å². The first-order valence-electron chi connectivity index (χ1n) is 9.08. The Morgan fingerprint density at radius 1 is 1.07 bits per heavy atom. The van der Waals surface area contributed by atoms with Crippen LogP contribution in [-0.4, -0.2) is 44.3 Å². The first-order chi connectivity index (χ1) is 14.5. The summed E-state index contributed by atoms with van der Waals surface area (Å²) in [5.41, 5.74) is -0.500. The van der Waals surface area contributed by atoms with E-state index in [2.05, 4.69) is 20.4 Å². The molecule has 10 heteroatoms. The van der Waals surface area contributed by atoms with Crippen LogP contribution in [-0.2, 0) is 16.1 Å². The van der Waals surface area contributed by atoms with Crippen molar-refractivity contribution in [3.8, 4) is 5.75 Å². The molecule has 0 radical (unpaired) electrons. The Morgan fingerprint density at radius 2 is 1.80 bits per heavy atom. The van der Waals surface area contributed by atoms with E-state index in [0.717, 1.165) is 4.68 Å². The SMILES string of the molecule is CC(OC(=O)c1ccc(=O)n(CCOc2ccccc2)n1)C(=O)Nc1ncccn1. The fourth-order valence-electron chi connectivity index (χ4n) is 2.33. The summed E-state index contributed by atoms with van der Waals surface area (Å²) < 4.78 is 11.8. The molecule has 3 rings (SSSR count). The van der Waals surface area contributed by atoms with E-state index in [9.17, 15) is 14.4 Å². The number of carbonyl (C=O) groups excluding carboxylic acids is 2. The number of nitrogens with one attached hydrogen (secondary N) is 1. The zero-order valence-corrected chi connectivity index (χ0v) is 16.1. The molecule has 0 fully saturated rings. The Bertz CT molecular complexity index is 1060. The number of amides is 1. The van der Waals surface area contributed by atoms with E-state index in [4.69, 9.17) is 9.47 Å². The van der Waals surface area contributed by atoms with Gasteiger partial charge in [0.1, 0.15) is 12.4 Å². The van der Waals surface area contributed by atoms with Crippen LogP contribution < -0.4 is 15.6 Å². The van der Waals surface area contributed by atoms with E-state index in [1.54, 1.807) is 18.2 Å². The number of benzene rings is 1. The van der Waals surface area contributed by atoms with Crippen molar-refractivity contribution in [3.05, 3.63) is 77.0 Å². The van der Waals surface area contributed by atoms with Crippen molar-refractivity contribution in [2.75, 3.05) is 11.9 Å². The maximum absolute atomic E-state index is 12.3. The van der Waals surface area contributed by atoms with Gasteiger partial charge in [0.25, 0.3) is 11.5 Å². The normalized spacial score (nSPS) is 11.4. The molecule has 0 saturated heterocycles. The Morgan fingerprint density at radius 3 is 2.53 bits per heavy atom. The van der Waals surface area contributed by atoms with Crippen LogP contribution in [0.15, 0.2) is 65.7 Å². The zero-order chi connectivity index (χ0) is 21.3. The fourth-order valence-corrected chi connectivity index (χ4v) is 2.33. The molecule has 154 valence electrons. The van der Waals surface area contributed by atoms with Crippen LogP contribution in [0.2, 0.25) is 0 Å². The maximum atomic E-state index is 12.3. The first-order valence-corrected chi connectivity index (χ1v) is 9.08. The minimum atomic E-state index is -1.12. The zero-order valence-electron chi connectivity index (χ0n) is 16.1. The molecule has 1 N–H and O–H groups in total. The molecule has 2 heterocycles. The Balaban J connectivity index is 1.58. The highest BCUT2D eigenvalue weighted by Crippen LogP contribution is 2.08. The summed E-state index contributed by atoms with van der Waals surface area (Å²) in [6.45, 7) is 1.72. The summed E-state index contributed by atoms with van der Waals surface area (Å²) in [6.07, 6.45) is 1.81. The number of para-hydroxylation sites is 1. The minimum Gasteiger partial charge on any atom is -0.492 e. The highest BCUT2D eigenvalue weighted by atomic mass is 16.5. The quantitative estimate of drug-likeness (QED) is 0.552. The topological polar surface area (TPSA) is 125 Å². The molecule has 0 aliphatic heterocycles. The van der Waals surface area contributed by atoms with Gasteiger partial charge in [-0.3, -0.25) is 14.9 Å². The van der Waals surface area contributed by atoms with Gasteiger partial charge in [-0.2, -0.15) is 5.10 Å². The van der Waals surface area contributed by atoms with Crippen LogP contribution >= 0.6 is 0 Å². The fraction of sp³-hybridized carbons (Fsp3) is 0.200. The number of hydrogen-bond donors (Lipinski definition) is 1. The average Bonchev–Trinajstić information content (AvgIpc) is 2.76. The van der Waals surface area contributed by atoms with Crippen molar-refractivity contribution in [2.24, 2.45) is 0 Å². The third-order valence-electron chi connectivity index (χ3n) is 3.84. The molecule has 1 aromatic carbocycles. The lowest BCUT2D eigenvalue weighted by Crippen LogP contribution is -2.32. The van der Waals surface area contributed by atoms with Crippen LogP contribution in [0.25, 0.3) is 0 Å². The number of rotatable bonds is 8. The van der Waals surface area contributed by atoms with Crippen molar-refractivity contribution in [1.29, 1.82) is 0 Å². The molecule has 1 atom stereocenters. The van der Waals surface area contributed by atoms with Crippen LogP contribution in [0.4, 0.5) is 5.95 Å². The molecule has 0 bridgehead atoms. The van der Waals surface area contributed by atoms with E-state index in [-0.39, 0.29) is 24.8 Å². The van der Waals surface area contributed by atoms with E-state index < -0.39 is 23.5 Å². The van der Waals surface area contributed by atoms with Crippen molar-refractivity contribution < 1.29 is 19.1 Å². The van der Waals surface area contributed by atoms with E-state index >= 15 is 0 Å². The Labute approximate surface area is 171 Å². The van der Waals surface area contributed by atoms with Gasteiger partial charge in [-0.1, -0.05) is 18.2 Å². The molecule has 2 aromatic heterocycles. The van der Waals surface area contributed by atoms with E-state index in [1.807, 2.05) is 18.2 Å². The number of nitrogens with zero attached hydrogens (tertiary/aromatic N) is 4. The lowest BCUT2D eigenvalue weighted by atomic mass is 10.3. The monoisotopic (exact) mass is 409 g/mol. The molecular formula is C20H19N5O5. The summed E-state index contributed by atoms with van der Waals surface area (Å²) in [7, 11) is 0. The van der Waals surface area contributed by atoms with Gasteiger partial charge in [0.2, 0.25) is 5.95 Å². The second-order valence-corrected chi connectivity index (χ2v) is 6.05. The maximum Gasteiger partial charge on any atom is 0.359 e. The van der Waals surface area contributed by atoms with Gasteiger partial charge in [0.05, 0.1) is 6.54 Å². The van der Waals surface area contributed by atoms with E-state index in [0.29, 0.717) is 5.75 Å². The molecule has 0 aliphatic carbocycles. The standard InChI is InChI=1S/C20H19N5O5/c1-14(18(27)23-20-21-10-5-11-22-20)30-19(28)16-8-9-17(26)25(24-16)12-13-29-15-6-3-2-4-7-15/h2-11,14H,12-13H2,1H3,(H,21,22,23,27). The smallest absolute Gasteiger partial charge is 0.359 e. The number of hydrogen-bond acceptors (Lipinski definition) is 8. The average molecular weight is 409 g/mol. The number of anilines is 1. The predicted octanol–water partition coefficient (Wildman–Crippen LogP) is 1.30. The largest absolute Gasteiger partial charge is 0.492 e. The Hall–Kier alpha value is -4.08. The molecule has 1 amide bonds. The minimum absolute atomic E-state index is 0.0930. The summed E-state index contributed by atoms with van der Waals surface area (Å²) in [5.74, 6) is -0.692. The van der Waals surface area contributed by atoms with Crippen LogP contribution in [0.3, 0.4) is 0 Å². The number of esters is 1. The molecule has 3 aromatic rings. The number of ether oxygens (including phenoxy) is 2. The van der Waals surface area contributed by atoms with Gasteiger partial charge in [-0.15, -0.1) is 0 Å². The molecule has 10 nitrogen and oxygen atoms in total. The second kappa shape index (κ2) is 9.92. The van der Waals surface area contributed by atoms with E-state index in [1.165, 1.54) is 31.5 Å². The second-order valence-electron chi connectivity index (χ2n) is 6.05. The van der Waals surface area contributed by atoms with Crippen molar-refractivity contribution >= 4 is 17.8 Å². The van der Waals surface area contributed by atoms with Crippen molar-refractivity contribution in [3.63, 3.8) is 0 Å². The third kappa shape index (κ3) is 5.71. The van der Waals surface area contributed by atoms with Crippen LogP contribution in [0.1, 0.15) is 17.4 Å². The molecular weight excluding hydrogens is 390 g/mol. The highest BCUT2D eigenvalue weighted by molar-refractivity contribution is 5.95. The Kier molecular flexibility index (Phi) is 6.83. The lowest BCUT2D eigenvalue weighted by molar-refractivity contribution is -0.123. The third-order valence-corrected chi connectivity index (χ3v) is 3.84. The van der Waals surface area contributed by atoms with Gasteiger partial charge in [-0.25, -0.2) is 19.4 Å². The molecule has 0 aliphatic rings. The first kappa shape index (κ1) is 20.6. The van der Waals surface area contributed by atoms with Crippen LogP contribution in [0, 0.1) is 0 Å². The van der Waals surface area contributed by atoms with Crippen LogP contribution in [0.5, 0.6) is 5.75 Å². The predicted molar refractivity (Wildman–Crippen MR) is 106 cm³/mol. The van der Waals surface area contributed by atoms with Gasteiger partial charge in [-0.05, 0) is 31.2 Å². The molecule has 0 spiro atoms. The molecule has 30 heavy (non-hydrogen) atoms. The van der Waals surface area contributed by atoms with Gasteiger partial charge < -0.3 is 9.47 Å². The van der Waals surface area contributed by atoms with Crippen molar-refractivity contribution in [2.45, 2.75) is 19.6 Å². The lowest BCUT2D eigenvalue weighted by Gasteiger charge is -2.13. The highest BCUT2D eigenvalue weighted by Gasteiger charge is 2.21. The summed E-state index contributed by atoms with van der Waals surface area (Å²) in [5, 5.41) is 6.42.